The van der Waals surface area contributed by atoms with Crippen molar-refractivity contribution in [3.05, 3.63) is 30.6 Å². The molecule has 0 aromatic carbocycles. The molecule has 0 unspecified atom stereocenters. The Balaban J connectivity index is -0.0000000450. The summed E-state index contributed by atoms with van der Waals surface area (Å²) in [5, 5.41) is 0. The molecule has 0 N–H and O–H groups in total. The van der Waals surface area contributed by atoms with E-state index in [0.29, 0.717) is 0 Å². The summed E-state index contributed by atoms with van der Waals surface area (Å²) in [5.74, 6) is 0. The Morgan fingerprint density at radius 1 is 0.700 bits per heavy atom. The second-order valence-electron chi connectivity index (χ2n) is 1.02. The molecular weight excluding hydrogens is 358 g/mol. The molecule has 1 nitrogen and oxygen atoms in total. The van der Waals surface area contributed by atoms with Gasteiger partial charge in [0.15, 0.2) is 0 Å². The van der Waals surface area contributed by atoms with Crippen LogP contribution in [0.4, 0.5) is 0 Å². The van der Waals surface area contributed by atoms with Crippen LogP contribution in [0.3, 0.4) is 0 Å². The fraction of sp³-hybridized carbons (Fsp3) is 0. The van der Waals surface area contributed by atoms with Crippen LogP contribution >= 0.6 is 0 Å². The first kappa shape index (κ1) is 22.5. The maximum absolute atomic E-state index is 3.78. The van der Waals surface area contributed by atoms with Crippen molar-refractivity contribution >= 4 is 0 Å². The third-order valence-corrected chi connectivity index (χ3v) is 0.566. The van der Waals surface area contributed by atoms with Crippen LogP contribution in [0.15, 0.2) is 30.6 Å². The first-order valence-electron chi connectivity index (χ1n) is 1.85. The Bertz CT molecular complexity index is 89.6. The zero-order chi connectivity index (χ0) is 4.24. The first-order chi connectivity index (χ1) is 3.00. The molecule has 0 atom stereocenters. The summed E-state index contributed by atoms with van der Waals surface area (Å²) in [6.45, 7) is 0. The molecule has 62 valence electrons. The Morgan fingerprint density at radius 2 is 1.10 bits per heavy atom. The summed E-state index contributed by atoms with van der Waals surface area (Å²) in [6, 6.07) is 5.72. The van der Waals surface area contributed by atoms with Crippen molar-refractivity contribution in [3.63, 3.8) is 0 Å². The van der Waals surface area contributed by atoms with Gasteiger partial charge in [0.25, 0.3) is 0 Å². The van der Waals surface area contributed by atoms with E-state index in [1.54, 1.807) is 12.4 Å². The topological polar surface area (TPSA) is 12.9 Å². The molecule has 0 bridgehead atoms. The predicted octanol–water partition coefficient (Wildman–Crippen LogP) is -4.92. The molecule has 0 fully saturated rings. The van der Waals surface area contributed by atoms with Gasteiger partial charge >= 0.3 is 40.8 Å². The first-order valence-corrected chi connectivity index (χ1v) is 1.85. The van der Waals surface area contributed by atoms with E-state index in [2.05, 4.69) is 4.98 Å². The molecule has 0 amide bonds. The van der Waals surface area contributed by atoms with Gasteiger partial charge in [-0.1, -0.05) is 6.07 Å². The molecule has 1 heterocycles. The quantitative estimate of drug-likeness (QED) is 0.422. The molecule has 1 aromatic rings. The minimum absolute atomic E-state index is 0. The molecule has 0 spiro atoms. The van der Waals surface area contributed by atoms with Crippen LogP contribution in [0.2, 0.25) is 0 Å². The van der Waals surface area contributed by atoms with Gasteiger partial charge in [-0.3, -0.25) is 4.98 Å². The van der Waals surface area contributed by atoms with Gasteiger partial charge in [-0.05, 0) is 12.1 Å². The summed E-state index contributed by atoms with van der Waals surface area (Å²) < 4.78 is 0. The average molecular weight is 363 g/mol. The summed E-state index contributed by atoms with van der Waals surface area (Å²) in [5.41, 5.74) is 0. The molecule has 0 aliphatic carbocycles. The fourth-order valence-corrected chi connectivity index (χ4v) is 0.313. The van der Waals surface area contributed by atoms with Crippen molar-refractivity contribution in [2.24, 2.45) is 0 Å². The standard InChI is InChI=1S/C5H5N.2ClH.2Pd/c1-2-4-6-5-3-1;;;;/h1-5H;2*1H;;/q;;;2*+2/p-2. The van der Waals surface area contributed by atoms with E-state index in [-0.39, 0.29) is 65.7 Å². The Morgan fingerprint density at radius 3 is 1.20 bits per heavy atom. The van der Waals surface area contributed by atoms with Crippen molar-refractivity contribution in [1.29, 1.82) is 0 Å². The van der Waals surface area contributed by atoms with Gasteiger partial charge in [-0.25, -0.2) is 0 Å². The molecule has 5 heteroatoms. The largest absolute Gasteiger partial charge is 2.00 e. The van der Waals surface area contributed by atoms with Crippen LogP contribution in [0.25, 0.3) is 0 Å². The summed E-state index contributed by atoms with van der Waals surface area (Å²) >= 11 is 0. The molecular formula is C5H5Cl2NPd2+2. The van der Waals surface area contributed by atoms with E-state index in [0.717, 1.165) is 0 Å². The van der Waals surface area contributed by atoms with Crippen molar-refractivity contribution < 1.29 is 65.7 Å². The molecule has 0 saturated carbocycles. The van der Waals surface area contributed by atoms with Gasteiger partial charge in [0.1, 0.15) is 0 Å². The van der Waals surface area contributed by atoms with E-state index in [4.69, 9.17) is 0 Å². The van der Waals surface area contributed by atoms with Crippen molar-refractivity contribution in [1.82, 2.24) is 4.98 Å². The predicted molar refractivity (Wildman–Crippen MR) is 24.2 cm³/mol. The third kappa shape index (κ3) is 11.8. The van der Waals surface area contributed by atoms with Crippen LogP contribution in [0.1, 0.15) is 0 Å². The number of hydrogen-bond acceptors (Lipinski definition) is 1. The molecule has 0 aliphatic rings. The maximum atomic E-state index is 3.78. The second kappa shape index (κ2) is 16.6. The maximum Gasteiger partial charge on any atom is 2.00 e. The summed E-state index contributed by atoms with van der Waals surface area (Å²) in [6.07, 6.45) is 3.50. The average Bonchev–Trinajstić information content (AvgIpc) is 1.72. The van der Waals surface area contributed by atoms with E-state index in [1.807, 2.05) is 18.2 Å². The minimum Gasteiger partial charge on any atom is -1.00 e. The van der Waals surface area contributed by atoms with Gasteiger partial charge in [0, 0.05) is 12.4 Å². The smallest absolute Gasteiger partial charge is 1.00 e. The van der Waals surface area contributed by atoms with Gasteiger partial charge in [0.05, 0.1) is 0 Å². The Labute approximate surface area is 101 Å². The van der Waals surface area contributed by atoms with Crippen LogP contribution in [0.5, 0.6) is 0 Å². The third-order valence-electron chi connectivity index (χ3n) is 0.566. The van der Waals surface area contributed by atoms with Gasteiger partial charge in [-0.2, -0.15) is 0 Å². The number of aromatic nitrogens is 1. The molecule has 0 saturated heterocycles. The number of halogens is 2. The normalized spacial score (nSPS) is 4.80. The zero-order valence-corrected chi connectivity index (χ0v) is 9.34. The van der Waals surface area contributed by atoms with E-state index in [1.165, 1.54) is 0 Å². The Kier molecular flexibility index (Phi) is 37.2. The molecule has 0 radical (unpaired) electrons. The van der Waals surface area contributed by atoms with Crippen molar-refractivity contribution in [2.45, 2.75) is 0 Å². The van der Waals surface area contributed by atoms with Crippen LogP contribution in [-0.4, -0.2) is 4.98 Å². The van der Waals surface area contributed by atoms with Crippen molar-refractivity contribution in [3.8, 4) is 0 Å². The molecule has 1 rings (SSSR count). The van der Waals surface area contributed by atoms with E-state index < -0.39 is 0 Å². The van der Waals surface area contributed by atoms with Gasteiger partial charge in [-0.15, -0.1) is 0 Å². The molecule has 0 aliphatic heterocycles. The minimum atomic E-state index is 0. The van der Waals surface area contributed by atoms with Crippen LogP contribution in [-0.2, 0) is 40.8 Å². The van der Waals surface area contributed by atoms with Crippen LogP contribution in [0, 0.1) is 0 Å². The number of rotatable bonds is 0. The second-order valence-corrected chi connectivity index (χ2v) is 1.02. The zero-order valence-electron chi connectivity index (χ0n) is 4.72. The molecule has 10 heavy (non-hydrogen) atoms. The van der Waals surface area contributed by atoms with Crippen molar-refractivity contribution in [2.75, 3.05) is 0 Å². The number of pyridine rings is 1. The SMILES string of the molecule is [Cl-].[Cl-].[Pd+2].[Pd+2].c1ccncc1. The molecule has 1 aromatic heterocycles. The monoisotopic (exact) mass is 361 g/mol. The number of nitrogens with zero attached hydrogens (tertiary/aromatic N) is 1. The number of hydrogen-bond donors (Lipinski definition) is 0. The summed E-state index contributed by atoms with van der Waals surface area (Å²) in [7, 11) is 0. The van der Waals surface area contributed by atoms with E-state index in [9.17, 15) is 0 Å². The van der Waals surface area contributed by atoms with E-state index >= 15 is 0 Å². The van der Waals surface area contributed by atoms with Gasteiger partial charge < -0.3 is 24.8 Å². The van der Waals surface area contributed by atoms with Crippen LogP contribution < -0.4 is 24.8 Å². The van der Waals surface area contributed by atoms with Gasteiger partial charge in [0.2, 0.25) is 0 Å². The summed E-state index contributed by atoms with van der Waals surface area (Å²) in [4.78, 5) is 3.78. The fourth-order valence-electron chi connectivity index (χ4n) is 0.313. The Hall–Kier alpha value is 1.05.